The average Bonchev–Trinajstić information content (AvgIpc) is 3.57. The van der Waals surface area contributed by atoms with E-state index in [0.717, 1.165) is 49.8 Å². The van der Waals surface area contributed by atoms with Crippen molar-refractivity contribution in [2.24, 2.45) is 5.92 Å². The highest BCUT2D eigenvalue weighted by atomic mass is 16.5. The lowest BCUT2D eigenvalue weighted by Gasteiger charge is -2.28. The van der Waals surface area contributed by atoms with Crippen LogP contribution in [0, 0.1) is 5.92 Å². The molecule has 2 N–H and O–H groups in total. The highest BCUT2D eigenvalue weighted by molar-refractivity contribution is 6.07. The molecule has 9 nitrogen and oxygen atoms in total. The summed E-state index contributed by atoms with van der Waals surface area (Å²) < 4.78 is 5.43. The van der Waals surface area contributed by atoms with E-state index in [1.165, 1.54) is 0 Å². The Morgan fingerprint density at radius 3 is 2.58 bits per heavy atom. The molecule has 9 heteroatoms. The molecule has 0 bridgehead atoms. The molecule has 3 amide bonds. The summed E-state index contributed by atoms with van der Waals surface area (Å²) in [6, 6.07) is 12.9. The summed E-state index contributed by atoms with van der Waals surface area (Å²) >= 11 is 0. The number of rotatable bonds is 9. The minimum Gasteiger partial charge on any atom is -0.497 e. The fourth-order valence-electron chi connectivity index (χ4n) is 6.59. The number of aliphatic hydroxyl groups is 2. The Bertz CT molecular complexity index is 1360. The fourth-order valence-corrected chi connectivity index (χ4v) is 6.59. The van der Waals surface area contributed by atoms with Crippen molar-refractivity contribution in [3.05, 3.63) is 65.7 Å². The molecule has 0 aliphatic carbocycles. The lowest BCUT2D eigenvalue weighted by Crippen LogP contribution is -2.44. The van der Waals surface area contributed by atoms with E-state index >= 15 is 0 Å². The first kappa shape index (κ1) is 30.8. The number of amides is 3. The van der Waals surface area contributed by atoms with Crippen LogP contribution in [0.1, 0.15) is 69.4 Å². The van der Waals surface area contributed by atoms with E-state index in [4.69, 9.17) is 4.74 Å². The Balaban J connectivity index is 1.34. The van der Waals surface area contributed by atoms with Gasteiger partial charge >= 0.3 is 0 Å². The number of fused-ring (bicyclic) bond motifs is 1. The second-order valence-electron chi connectivity index (χ2n) is 11.9. The molecule has 5 rings (SSSR count). The van der Waals surface area contributed by atoms with Gasteiger partial charge in [-0.1, -0.05) is 44.1 Å². The molecule has 0 saturated carbocycles. The summed E-state index contributed by atoms with van der Waals surface area (Å²) in [6.45, 7) is 3.32. The molecule has 2 saturated heterocycles. The van der Waals surface area contributed by atoms with Crippen molar-refractivity contribution in [3.63, 3.8) is 0 Å². The summed E-state index contributed by atoms with van der Waals surface area (Å²) in [4.78, 5) is 44.6. The van der Waals surface area contributed by atoms with Gasteiger partial charge in [-0.15, -0.1) is 0 Å². The average molecular weight is 590 g/mol. The quantitative estimate of drug-likeness (QED) is 0.423. The van der Waals surface area contributed by atoms with Crippen molar-refractivity contribution >= 4 is 29.1 Å². The van der Waals surface area contributed by atoms with Gasteiger partial charge in [0.15, 0.2) is 5.60 Å². The normalized spacial score (nSPS) is 23.4. The summed E-state index contributed by atoms with van der Waals surface area (Å²) in [5.74, 6) is -0.468. The van der Waals surface area contributed by atoms with Gasteiger partial charge in [-0.25, -0.2) is 0 Å². The second-order valence-corrected chi connectivity index (χ2v) is 11.9. The van der Waals surface area contributed by atoms with Gasteiger partial charge < -0.3 is 29.6 Å². The SMILES string of the molecule is COc1ccc2c(c1)[C@@](O)([C@H](C)/C=C/CC(=O)N1CCC[C@H]1CO)C(=O)N2Cc1ccc(N2CCCCCCC2=O)cc1. The molecule has 0 spiro atoms. The van der Waals surface area contributed by atoms with E-state index in [1.807, 2.05) is 29.2 Å². The second kappa shape index (κ2) is 13.3. The van der Waals surface area contributed by atoms with Crippen LogP contribution in [0.25, 0.3) is 0 Å². The Morgan fingerprint density at radius 1 is 1.07 bits per heavy atom. The zero-order valence-corrected chi connectivity index (χ0v) is 25.2. The maximum absolute atomic E-state index is 14.0. The van der Waals surface area contributed by atoms with Crippen LogP contribution >= 0.6 is 0 Å². The van der Waals surface area contributed by atoms with Gasteiger partial charge in [-0.3, -0.25) is 14.4 Å². The first-order valence-corrected chi connectivity index (χ1v) is 15.5. The number of benzene rings is 2. The fraction of sp³-hybridized carbons (Fsp3) is 0.500. The molecular formula is C34H43N3O6. The molecule has 0 unspecified atom stereocenters. The largest absolute Gasteiger partial charge is 0.497 e. The smallest absolute Gasteiger partial charge is 0.264 e. The monoisotopic (exact) mass is 589 g/mol. The van der Waals surface area contributed by atoms with Crippen molar-refractivity contribution in [3.8, 4) is 5.75 Å². The number of carbonyl (C=O) groups excluding carboxylic acids is 3. The zero-order chi connectivity index (χ0) is 30.6. The predicted molar refractivity (Wildman–Crippen MR) is 165 cm³/mol. The van der Waals surface area contributed by atoms with Gasteiger partial charge in [0.25, 0.3) is 5.91 Å². The molecule has 0 radical (unpaired) electrons. The maximum atomic E-state index is 14.0. The number of aliphatic hydroxyl groups excluding tert-OH is 1. The predicted octanol–water partition coefficient (Wildman–Crippen LogP) is 4.29. The van der Waals surface area contributed by atoms with E-state index in [1.54, 1.807) is 54.2 Å². The Hall–Kier alpha value is -3.69. The summed E-state index contributed by atoms with van der Waals surface area (Å²) in [7, 11) is 1.54. The molecular weight excluding hydrogens is 546 g/mol. The molecule has 230 valence electrons. The number of hydrogen-bond donors (Lipinski definition) is 2. The third kappa shape index (κ3) is 6.19. The lowest BCUT2D eigenvalue weighted by molar-refractivity contribution is -0.139. The first-order chi connectivity index (χ1) is 20.8. The van der Waals surface area contributed by atoms with Gasteiger partial charge in [0.1, 0.15) is 5.75 Å². The van der Waals surface area contributed by atoms with E-state index in [-0.39, 0.29) is 37.4 Å². The van der Waals surface area contributed by atoms with E-state index in [9.17, 15) is 24.6 Å². The van der Waals surface area contributed by atoms with Gasteiger partial charge in [0, 0.05) is 43.1 Å². The summed E-state index contributed by atoms with van der Waals surface area (Å²) in [6.07, 6.45) is 9.91. The minimum atomic E-state index is -1.85. The third-order valence-electron chi connectivity index (χ3n) is 9.17. The summed E-state index contributed by atoms with van der Waals surface area (Å²) in [5.41, 5.74) is 0.957. The van der Waals surface area contributed by atoms with Crippen LogP contribution < -0.4 is 14.5 Å². The Kier molecular flexibility index (Phi) is 9.52. The van der Waals surface area contributed by atoms with Crippen LogP contribution in [0.5, 0.6) is 5.75 Å². The topological polar surface area (TPSA) is 111 Å². The van der Waals surface area contributed by atoms with Crippen LogP contribution in [0.4, 0.5) is 11.4 Å². The molecule has 2 aromatic rings. The minimum absolute atomic E-state index is 0.0479. The number of ether oxygens (including phenoxy) is 1. The zero-order valence-electron chi connectivity index (χ0n) is 25.2. The van der Waals surface area contributed by atoms with Crippen LogP contribution in [0.2, 0.25) is 0 Å². The van der Waals surface area contributed by atoms with Gasteiger partial charge in [0.2, 0.25) is 11.8 Å². The Morgan fingerprint density at radius 2 is 1.84 bits per heavy atom. The highest BCUT2D eigenvalue weighted by Crippen LogP contribution is 2.47. The molecule has 3 aliphatic heterocycles. The Labute approximate surface area is 253 Å². The summed E-state index contributed by atoms with van der Waals surface area (Å²) in [5, 5.41) is 21.6. The van der Waals surface area contributed by atoms with E-state index < -0.39 is 17.4 Å². The third-order valence-corrected chi connectivity index (χ3v) is 9.17. The van der Waals surface area contributed by atoms with Crippen molar-refractivity contribution in [2.45, 2.75) is 76.5 Å². The van der Waals surface area contributed by atoms with Crippen molar-refractivity contribution in [1.29, 1.82) is 0 Å². The lowest BCUT2D eigenvalue weighted by atomic mass is 9.83. The van der Waals surface area contributed by atoms with Gasteiger partial charge in [-0.2, -0.15) is 0 Å². The molecule has 3 heterocycles. The van der Waals surface area contributed by atoms with Crippen molar-refractivity contribution < 1.29 is 29.3 Å². The van der Waals surface area contributed by atoms with Crippen LogP contribution in [0.3, 0.4) is 0 Å². The van der Waals surface area contributed by atoms with E-state index in [2.05, 4.69) is 0 Å². The first-order valence-electron chi connectivity index (χ1n) is 15.5. The maximum Gasteiger partial charge on any atom is 0.264 e. The van der Waals surface area contributed by atoms with Gasteiger partial charge in [-0.05, 0) is 61.6 Å². The number of methoxy groups -OCH3 is 1. The van der Waals surface area contributed by atoms with Crippen LogP contribution in [-0.2, 0) is 26.5 Å². The molecule has 3 aliphatic rings. The number of likely N-dealkylation sites (tertiary alicyclic amines) is 1. The van der Waals surface area contributed by atoms with Crippen molar-refractivity contribution in [1.82, 2.24) is 4.90 Å². The molecule has 2 aromatic carbocycles. The molecule has 43 heavy (non-hydrogen) atoms. The number of carbonyl (C=O) groups is 3. The van der Waals surface area contributed by atoms with Gasteiger partial charge in [0.05, 0.1) is 32.0 Å². The standard InChI is InChI=1S/C34H43N3O6/c1-24(9-7-12-32(40)36-20-8-10-27(36)23-38)34(42)29-21-28(43-2)17-18-30(29)37(33(34)41)22-25-13-15-26(16-14-25)35-19-6-4-3-5-11-31(35)39/h7,9,13-18,21,24,27,38,42H,3-6,8,10-12,19-20,22-23H2,1-2H3/b9-7+/t24-,27+,34+/m1/s1. The molecule has 3 atom stereocenters. The highest BCUT2D eigenvalue weighted by Gasteiger charge is 2.52. The number of nitrogens with zero attached hydrogens (tertiary/aromatic N) is 3. The van der Waals surface area contributed by atoms with Crippen LogP contribution in [-0.4, -0.2) is 65.7 Å². The number of hydrogen-bond acceptors (Lipinski definition) is 6. The number of anilines is 2. The molecule has 2 fully saturated rings. The molecule has 0 aromatic heterocycles. The van der Waals surface area contributed by atoms with Crippen LogP contribution in [0.15, 0.2) is 54.6 Å². The van der Waals surface area contributed by atoms with E-state index in [0.29, 0.717) is 36.5 Å². The van der Waals surface area contributed by atoms with Crippen molar-refractivity contribution in [2.75, 3.05) is 36.6 Å².